The lowest BCUT2D eigenvalue weighted by Crippen LogP contribution is -2.60. The number of benzene rings is 1. The second-order valence-corrected chi connectivity index (χ2v) is 8.77. The van der Waals surface area contributed by atoms with Crippen molar-refractivity contribution < 1.29 is 5.11 Å². The highest BCUT2D eigenvalue weighted by Crippen LogP contribution is 2.55. The third-order valence-corrected chi connectivity index (χ3v) is 6.56. The van der Waals surface area contributed by atoms with Gasteiger partial charge in [-0.2, -0.15) is 0 Å². The Hall–Kier alpha value is -0.570. The lowest BCUT2D eigenvalue weighted by Gasteiger charge is -2.57. The molecular formula is C19H26ClNO. The van der Waals surface area contributed by atoms with Gasteiger partial charge in [-0.05, 0) is 80.9 Å². The van der Waals surface area contributed by atoms with E-state index >= 15 is 0 Å². The minimum absolute atomic E-state index is 0.297. The smallest absolute Gasteiger partial charge is 0.0992 e. The SMILES string of the molecule is C[C@@](O)(CNC12CC3CC(CC(C3)C1)C2)c1ccc(Cl)cc1. The van der Waals surface area contributed by atoms with Gasteiger partial charge in [0.2, 0.25) is 0 Å². The molecule has 0 heterocycles. The Morgan fingerprint density at radius 2 is 1.59 bits per heavy atom. The molecule has 1 atom stereocenters. The summed E-state index contributed by atoms with van der Waals surface area (Å²) in [6.07, 6.45) is 8.30. The quantitative estimate of drug-likeness (QED) is 0.875. The third-order valence-electron chi connectivity index (χ3n) is 6.31. The van der Waals surface area contributed by atoms with Crippen LogP contribution in [0.3, 0.4) is 0 Å². The zero-order valence-corrected chi connectivity index (χ0v) is 14.1. The molecule has 0 amide bonds. The third kappa shape index (κ3) is 2.70. The van der Waals surface area contributed by atoms with E-state index in [1.165, 1.54) is 38.5 Å². The molecule has 0 aromatic heterocycles. The molecule has 4 saturated carbocycles. The van der Waals surface area contributed by atoms with Gasteiger partial charge in [-0.1, -0.05) is 23.7 Å². The molecule has 1 aromatic carbocycles. The van der Waals surface area contributed by atoms with Gasteiger partial charge in [-0.3, -0.25) is 0 Å². The van der Waals surface area contributed by atoms with Crippen LogP contribution in [0.25, 0.3) is 0 Å². The van der Waals surface area contributed by atoms with Gasteiger partial charge in [-0.15, -0.1) is 0 Å². The van der Waals surface area contributed by atoms with Gasteiger partial charge in [-0.25, -0.2) is 0 Å². The first-order chi connectivity index (χ1) is 10.4. The van der Waals surface area contributed by atoms with E-state index in [0.717, 1.165) is 23.3 Å². The minimum atomic E-state index is -0.839. The lowest BCUT2D eigenvalue weighted by atomic mass is 9.53. The minimum Gasteiger partial charge on any atom is -0.384 e. The number of hydrogen-bond acceptors (Lipinski definition) is 2. The Morgan fingerprint density at radius 3 is 2.09 bits per heavy atom. The lowest BCUT2D eigenvalue weighted by molar-refractivity contribution is -0.0357. The van der Waals surface area contributed by atoms with Gasteiger partial charge < -0.3 is 10.4 Å². The fourth-order valence-electron chi connectivity index (χ4n) is 5.60. The van der Waals surface area contributed by atoms with Crippen LogP contribution in [0, 0.1) is 17.8 Å². The molecule has 0 unspecified atom stereocenters. The molecule has 4 aliphatic rings. The maximum atomic E-state index is 10.9. The molecule has 4 bridgehead atoms. The number of aliphatic hydroxyl groups is 1. The summed E-state index contributed by atoms with van der Waals surface area (Å²) in [6.45, 7) is 2.53. The van der Waals surface area contributed by atoms with Crippen molar-refractivity contribution >= 4 is 11.6 Å². The standard InChI is InChI=1S/C19H26ClNO/c1-18(22,16-2-4-17(20)5-3-16)12-21-19-9-13-6-14(10-19)8-15(7-13)11-19/h2-5,13-15,21-22H,6-12H2,1H3/t13?,14?,15?,18-,19?/m1/s1. The van der Waals surface area contributed by atoms with Crippen LogP contribution < -0.4 is 5.32 Å². The predicted molar refractivity (Wildman–Crippen MR) is 89.9 cm³/mol. The molecule has 1 aromatic rings. The van der Waals surface area contributed by atoms with Crippen molar-refractivity contribution in [2.45, 2.75) is 56.6 Å². The van der Waals surface area contributed by atoms with Crippen LogP contribution in [0.5, 0.6) is 0 Å². The highest BCUT2D eigenvalue weighted by Gasteiger charge is 2.51. The molecule has 0 spiro atoms. The summed E-state index contributed by atoms with van der Waals surface area (Å²) in [5.74, 6) is 2.79. The van der Waals surface area contributed by atoms with E-state index in [1.807, 2.05) is 31.2 Å². The van der Waals surface area contributed by atoms with Crippen LogP contribution in [0.15, 0.2) is 24.3 Å². The van der Waals surface area contributed by atoms with Crippen molar-refractivity contribution in [3.63, 3.8) is 0 Å². The van der Waals surface area contributed by atoms with E-state index in [0.29, 0.717) is 17.1 Å². The highest BCUT2D eigenvalue weighted by atomic mass is 35.5. The van der Waals surface area contributed by atoms with E-state index in [1.54, 1.807) is 0 Å². The number of hydrogen-bond donors (Lipinski definition) is 2. The van der Waals surface area contributed by atoms with Crippen LogP contribution in [0.2, 0.25) is 5.02 Å². The maximum Gasteiger partial charge on any atom is 0.0992 e. The van der Waals surface area contributed by atoms with Crippen LogP contribution >= 0.6 is 11.6 Å². The van der Waals surface area contributed by atoms with E-state index in [9.17, 15) is 5.11 Å². The fraction of sp³-hybridized carbons (Fsp3) is 0.684. The molecule has 0 saturated heterocycles. The molecule has 0 aliphatic heterocycles. The van der Waals surface area contributed by atoms with Gasteiger partial charge in [0, 0.05) is 17.1 Å². The maximum absolute atomic E-state index is 10.9. The molecule has 3 heteroatoms. The molecule has 22 heavy (non-hydrogen) atoms. The van der Waals surface area contributed by atoms with Crippen molar-refractivity contribution in [1.29, 1.82) is 0 Å². The fourth-order valence-corrected chi connectivity index (χ4v) is 5.72. The van der Waals surface area contributed by atoms with Gasteiger partial charge in [0.15, 0.2) is 0 Å². The summed E-state index contributed by atoms with van der Waals surface area (Å²) in [6, 6.07) is 7.58. The van der Waals surface area contributed by atoms with E-state index in [-0.39, 0.29) is 0 Å². The van der Waals surface area contributed by atoms with Crippen LogP contribution in [-0.4, -0.2) is 17.2 Å². The van der Waals surface area contributed by atoms with E-state index < -0.39 is 5.60 Å². The van der Waals surface area contributed by atoms with Crippen molar-refractivity contribution in [2.75, 3.05) is 6.54 Å². The Bertz CT molecular complexity index is 516. The monoisotopic (exact) mass is 319 g/mol. The van der Waals surface area contributed by atoms with Crippen molar-refractivity contribution in [3.8, 4) is 0 Å². The Balaban J connectivity index is 1.46. The average molecular weight is 320 g/mol. The van der Waals surface area contributed by atoms with Crippen molar-refractivity contribution in [2.24, 2.45) is 17.8 Å². The van der Waals surface area contributed by atoms with Gasteiger partial charge in [0.25, 0.3) is 0 Å². The number of nitrogens with one attached hydrogen (secondary N) is 1. The summed E-state index contributed by atoms with van der Waals surface area (Å²) in [5.41, 5.74) is 0.396. The largest absolute Gasteiger partial charge is 0.384 e. The van der Waals surface area contributed by atoms with Crippen molar-refractivity contribution in [1.82, 2.24) is 5.32 Å². The van der Waals surface area contributed by atoms with Crippen LogP contribution in [0.1, 0.15) is 51.0 Å². The molecule has 120 valence electrons. The molecule has 4 fully saturated rings. The Labute approximate surface area is 138 Å². The Morgan fingerprint density at radius 1 is 1.09 bits per heavy atom. The number of halogens is 1. The topological polar surface area (TPSA) is 32.3 Å². The van der Waals surface area contributed by atoms with Crippen LogP contribution in [0.4, 0.5) is 0 Å². The summed E-state index contributed by atoms with van der Waals surface area (Å²) in [7, 11) is 0. The first-order valence-corrected chi connectivity index (χ1v) is 9.05. The van der Waals surface area contributed by atoms with Gasteiger partial charge >= 0.3 is 0 Å². The molecule has 0 radical (unpaired) electrons. The van der Waals surface area contributed by atoms with Crippen LogP contribution in [-0.2, 0) is 5.60 Å². The Kier molecular flexibility index (Phi) is 3.56. The molecule has 4 aliphatic carbocycles. The molecule has 2 nitrogen and oxygen atoms in total. The van der Waals surface area contributed by atoms with Gasteiger partial charge in [0.05, 0.1) is 5.60 Å². The normalized spacial score (nSPS) is 39.0. The van der Waals surface area contributed by atoms with Crippen molar-refractivity contribution in [3.05, 3.63) is 34.9 Å². The molecule has 5 rings (SSSR count). The first-order valence-electron chi connectivity index (χ1n) is 8.68. The summed E-state index contributed by atoms with van der Waals surface area (Å²) in [5, 5.41) is 15.4. The number of β-amino-alcohol motifs (C(OH)–C–C–N with tert-alkyl or cyclic N) is 1. The molecule has 2 N–H and O–H groups in total. The highest BCUT2D eigenvalue weighted by molar-refractivity contribution is 6.30. The predicted octanol–water partition coefficient (Wildman–Crippen LogP) is 4.11. The van der Waals surface area contributed by atoms with Gasteiger partial charge in [0.1, 0.15) is 0 Å². The second kappa shape index (κ2) is 5.22. The molecular weight excluding hydrogens is 294 g/mol. The summed E-state index contributed by atoms with van der Waals surface area (Å²) >= 11 is 5.95. The summed E-state index contributed by atoms with van der Waals surface area (Å²) in [4.78, 5) is 0. The summed E-state index contributed by atoms with van der Waals surface area (Å²) < 4.78 is 0. The average Bonchev–Trinajstić information content (AvgIpc) is 2.45. The number of rotatable bonds is 4. The first kappa shape index (κ1) is 15.0. The van der Waals surface area contributed by atoms with E-state index in [4.69, 9.17) is 11.6 Å². The zero-order valence-electron chi connectivity index (χ0n) is 13.3. The second-order valence-electron chi connectivity index (χ2n) is 8.33. The zero-order chi connectivity index (χ0) is 15.4. The van der Waals surface area contributed by atoms with E-state index in [2.05, 4.69) is 5.32 Å².